The Bertz CT molecular complexity index is 444. The number of aromatic nitrogens is 2. The average molecular weight is 275 g/mol. The van der Waals surface area contributed by atoms with Gasteiger partial charge in [0.25, 0.3) is 10.0 Å². The molecule has 1 unspecified atom stereocenters. The fourth-order valence-corrected chi connectivity index (χ4v) is 4.18. The van der Waals surface area contributed by atoms with Crippen LogP contribution in [0.4, 0.5) is 0 Å². The normalized spacial score (nSPS) is 23.5. The summed E-state index contributed by atoms with van der Waals surface area (Å²) in [7, 11) is -3.37. The molecule has 0 aromatic carbocycles. The second kappa shape index (κ2) is 5.41. The van der Waals surface area contributed by atoms with E-state index in [0.717, 1.165) is 19.3 Å². The first kappa shape index (κ1) is 12.9. The van der Waals surface area contributed by atoms with Crippen LogP contribution in [0.3, 0.4) is 0 Å². The van der Waals surface area contributed by atoms with Crippen LogP contribution in [0.1, 0.15) is 19.3 Å². The third-order valence-electron chi connectivity index (χ3n) is 3.06. The molecule has 96 valence electrons. The molecule has 0 saturated carbocycles. The van der Waals surface area contributed by atoms with Gasteiger partial charge in [-0.15, -0.1) is 0 Å². The maximum absolute atomic E-state index is 12.2. The Labute approximate surface area is 106 Å². The molecule has 1 aliphatic heterocycles. The van der Waals surface area contributed by atoms with Gasteiger partial charge in [-0.2, -0.15) is 21.2 Å². The summed E-state index contributed by atoms with van der Waals surface area (Å²) in [5, 5.41) is 7.01. The maximum atomic E-state index is 12.2. The minimum Gasteiger partial charge on any atom is -0.266 e. The van der Waals surface area contributed by atoms with E-state index in [0.29, 0.717) is 18.3 Å². The molecule has 0 spiro atoms. The number of hydrogen-bond acceptors (Lipinski definition) is 4. The third kappa shape index (κ3) is 2.83. The molecule has 1 fully saturated rings. The van der Waals surface area contributed by atoms with Crippen LogP contribution in [-0.2, 0) is 10.0 Å². The Balaban J connectivity index is 2.12. The lowest BCUT2D eigenvalue weighted by Crippen LogP contribution is -2.32. The highest BCUT2D eigenvalue weighted by Gasteiger charge is 2.28. The van der Waals surface area contributed by atoms with Crippen LogP contribution in [0.2, 0.25) is 0 Å². The number of aromatic amines is 1. The van der Waals surface area contributed by atoms with Crippen LogP contribution in [-0.4, -0.2) is 47.5 Å². The van der Waals surface area contributed by atoms with E-state index in [9.17, 15) is 8.42 Å². The van der Waals surface area contributed by atoms with E-state index >= 15 is 0 Å². The van der Waals surface area contributed by atoms with Crippen molar-refractivity contribution in [1.82, 2.24) is 14.5 Å². The van der Waals surface area contributed by atoms with Crippen LogP contribution in [0.15, 0.2) is 17.3 Å². The van der Waals surface area contributed by atoms with Gasteiger partial charge < -0.3 is 0 Å². The molecule has 1 saturated heterocycles. The summed E-state index contributed by atoms with van der Waals surface area (Å²) in [6, 6.07) is 1.51. The highest BCUT2D eigenvalue weighted by Crippen LogP contribution is 2.24. The summed E-state index contributed by atoms with van der Waals surface area (Å²) in [6.45, 7) is 1.21. The third-order valence-corrected chi connectivity index (χ3v) is 6.03. The molecule has 1 aliphatic rings. The molecular formula is C10H17N3O2S2. The highest BCUT2D eigenvalue weighted by atomic mass is 32.2. The lowest BCUT2D eigenvalue weighted by Gasteiger charge is -2.18. The van der Waals surface area contributed by atoms with Crippen molar-refractivity contribution < 1.29 is 8.42 Å². The van der Waals surface area contributed by atoms with Gasteiger partial charge in [0, 0.05) is 18.3 Å². The summed E-state index contributed by atoms with van der Waals surface area (Å²) < 4.78 is 26.1. The van der Waals surface area contributed by atoms with Crippen molar-refractivity contribution in [3.05, 3.63) is 12.3 Å². The van der Waals surface area contributed by atoms with Crippen LogP contribution in [0, 0.1) is 0 Å². The first-order chi connectivity index (χ1) is 8.14. The Hall–Kier alpha value is -0.530. The Kier molecular flexibility index (Phi) is 4.11. The van der Waals surface area contributed by atoms with Crippen molar-refractivity contribution in [2.75, 3.05) is 19.3 Å². The molecular weight excluding hydrogens is 258 g/mol. The molecule has 7 heteroatoms. The van der Waals surface area contributed by atoms with E-state index in [1.165, 1.54) is 12.3 Å². The Morgan fingerprint density at radius 1 is 1.47 bits per heavy atom. The first-order valence-corrected chi connectivity index (χ1v) is 8.39. The maximum Gasteiger partial charge on any atom is 0.259 e. The molecule has 17 heavy (non-hydrogen) atoms. The van der Waals surface area contributed by atoms with E-state index in [-0.39, 0.29) is 5.03 Å². The van der Waals surface area contributed by atoms with E-state index < -0.39 is 10.0 Å². The number of hydrogen-bond donors (Lipinski definition) is 1. The molecule has 0 bridgehead atoms. The summed E-state index contributed by atoms with van der Waals surface area (Å²) >= 11 is 1.83. The van der Waals surface area contributed by atoms with Gasteiger partial charge in [0.1, 0.15) is 0 Å². The van der Waals surface area contributed by atoms with Gasteiger partial charge in [0.05, 0.1) is 6.20 Å². The van der Waals surface area contributed by atoms with Crippen molar-refractivity contribution in [3.8, 4) is 0 Å². The molecule has 2 heterocycles. The zero-order valence-corrected chi connectivity index (χ0v) is 11.4. The molecule has 0 amide bonds. The van der Waals surface area contributed by atoms with E-state index in [1.807, 2.05) is 11.8 Å². The van der Waals surface area contributed by atoms with Gasteiger partial charge in [-0.25, -0.2) is 8.42 Å². The van der Waals surface area contributed by atoms with Crippen LogP contribution < -0.4 is 0 Å². The smallest absolute Gasteiger partial charge is 0.259 e. The van der Waals surface area contributed by atoms with Gasteiger partial charge in [-0.1, -0.05) is 0 Å². The van der Waals surface area contributed by atoms with Crippen LogP contribution in [0.25, 0.3) is 0 Å². The standard InChI is InChI=1S/C10H17N3O2S2/c1-16-9-3-2-7-13(8-5-9)17(14,15)10-4-6-11-12-10/h4,6,9H,2-3,5,7-8H2,1H3,(H,11,12). The summed E-state index contributed by atoms with van der Waals surface area (Å²) in [6.07, 6.45) is 6.50. The summed E-state index contributed by atoms with van der Waals surface area (Å²) in [5.74, 6) is 0. The van der Waals surface area contributed by atoms with Crippen molar-refractivity contribution in [3.63, 3.8) is 0 Å². The minimum absolute atomic E-state index is 0.195. The second-order valence-electron chi connectivity index (χ2n) is 4.11. The molecule has 1 atom stereocenters. The van der Waals surface area contributed by atoms with Crippen LogP contribution >= 0.6 is 11.8 Å². The fraction of sp³-hybridized carbons (Fsp3) is 0.700. The van der Waals surface area contributed by atoms with Gasteiger partial charge >= 0.3 is 0 Å². The minimum atomic E-state index is -3.37. The lowest BCUT2D eigenvalue weighted by molar-refractivity contribution is 0.422. The predicted molar refractivity (Wildman–Crippen MR) is 68.5 cm³/mol. The van der Waals surface area contributed by atoms with Gasteiger partial charge in [0.15, 0.2) is 5.03 Å². The van der Waals surface area contributed by atoms with Crippen molar-refractivity contribution >= 4 is 21.8 Å². The number of thioether (sulfide) groups is 1. The van der Waals surface area contributed by atoms with Gasteiger partial charge in [-0.3, -0.25) is 5.10 Å². The summed E-state index contributed by atoms with van der Waals surface area (Å²) in [4.78, 5) is 0. The van der Waals surface area contributed by atoms with E-state index in [4.69, 9.17) is 0 Å². The Morgan fingerprint density at radius 3 is 2.94 bits per heavy atom. The average Bonchev–Trinajstić information content (AvgIpc) is 2.74. The first-order valence-electron chi connectivity index (χ1n) is 5.67. The largest absolute Gasteiger partial charge is 0.266 e. The molecule has 1 N–H and O–H groups in total. The summed E-state index contributed by atoms with van der Waals surface area (Å²) in [5.41, 5.74) is 0. The van der Waals surface area contributed by atoms with Crippen molar-refractivity contribution in [2.24, 2.45) is 0 Å². The molecule has 1 aromatic heterocycles. The van der Waals surface area contributed by atoms with Gasteiger partial charge in [0.2, 0.25) is 0 Å². The topological polar surface area (TPSA) is 66.1 Å². The highest BCUT2D eigenvalue weighted by molar-refractivity contribution is 7.99. The predicted octanol–water partition coefficient (Wildman–Crippen LogP) is 1.32. The van der Waals surface area contributed by atoms with Crippen molar-refractivity contribution in [1.29, 1.82) is 0 Å². The quantitative estimate of drug-likeness (QED) is 0.903. The van der Waals surface area contributed by atoms with Crippen molar-refractivity contribution in [2.45, 2.75) is 29.5 Å². The van der Waals surface area contributed by atoms with Gasteiger partial charge in [-0.05, 0) is 31.6 Å². The zero-order chi connectivity index (χ0) is 12.3. The number of nitrogens with zero attached hydrogens (tertiary/aromatic N) is 2. The van der Waals surface area contributed by atoms with Crippen LogP contribution in [0.5, 0.6) is 0 Å². The van der Waals surface area contributed by atoms with E-state index in [1.54, 1.807) is 4.31 Å². The molecule has 0 radical (unpaired) electrons. The number of nitrogens with one attached hydrogen (secondary N) is 1. The van der Waals surface area contributed by atoms with E-state index in [2.05, 4.69) is 16.5 Å². The second-order valence-corrected chi connectivity index (χ2v) is 7.16. The lowest BCUT2D eigenvalue weighted by atomic mass is 10.2. The fourth-order valence-electron chi connectivity index (χ4n) is 2.04. The number of rotatable bonds is 3. The molecule has 2 rings (SSSR count). The number of H-pyrrole nitrogens is 1. The Morgan fingerprint density at radius 2 is 2.29 bits per heavy atom. The zero-order valence-electron chi connectivity index (χ0n) is 9.80. The SMILES string of the molecule is CSC1CCCN(S(=O)(=O)c2ccn[nH]2)CC1. The molecule has 5 nitrogen and oxygen atoms in total. The monoisotopic (exact) mass is 275 g/mol. The molecule has 0 aliphatic carbocycles. The number of sulfonamides is 1. The molecule has 1 aromatic rings.